The first-order valence-electron chi connectivity index (χ1n) is 6.33. The highest BCUT2D eigenvalue weighted by Gasteiger charge is 2.25. The van der Waals surface area contributed by atoms with Crippen LogP contribution in [0.1, 0.15) is 49.7 Å². The van der Waals surface area contributed by atoms with Crippen LogP contribution in [0.2, 0.25) is 0 Å². The summed E-state index contributed by atoms with van der Waals surface area (Å²) in [7, 11) is 0. The summed E-state index contributed by atoms with van der Waals surface area (Å²) in [5.41, 5.74) is 2.87. The highest BCUT2D eigenvalue weighted by molar-refractivity contribution is 7.18. The molecule has 0 spiro atoms. The van der Waals surface area contributed by atoms with Crippen LogP contribution in [0.5, 0.6) is 0 Å². The molecule has 17 heavy (non-hydrogen) atoms. The number of aryl methyl sites for hydroxylation is 2. The molecule has 0 aliphatic heterocycles. The third kappa shape index (κ3) is 1.77. The van der Waals surface area contributed by atoms with Crippen molar-refractivity contribution >= 4 is 21.6 Å². The molecular weight excluding hydrogens is 228 g/mol. The highest BCUT2D eigenvalue weighted by Crippen LogP contribution is 2.39. The van der Waals surface area contributed by atoms with E-state index in [9.17, 15) is 0 Å². The van der Waals surface area contributed by atoms with E-state index in [4.69, 9.17) is 0 Å². The first-order chi connectivity index (χ1) is 8.07. The van der Waals surface area contributed by atoms with Crippen LogP contribution in [0.4, 0.5) is 0 Å². The summed E-state index contributed by atoms with van der Waals surface area (Å²) < 4.78 is 0. The summed E-state index contributed by atoms with van der Waals surface area (Å²) in [5.74, 6) is 0. The molecule has 3 heteroatoms. The van der Waals surface area contributed by atoms with Crippen LogP contribution in [0, 0.1) is 0 Å². The highest BCUT2D eigenvalue weighted by atomic mass is 32.1. The molecule has 2 aromatic heterocycles. The van der Waals surface area contributed by atoms with Crippen molar-refractivity contribution in [2.24, 2.45) is 0 Å². The molecule has 2 nitrogen and oxygen atoms in total. The predicted octanol–water partition coefficient (Wildman–Crippen LogP) is 3.87. The molecule has 90 valence electrons. The van der Waals surface area contributed by atoms with Crippen molar-refractivity contribution in [2.75, 3.05) is 0 Å². The maximum absolute atomic E-state index is 4.55. The van der Waals surface area contributed by atoms with E-state index >= 15 is 0 Å². The van der Waals surface area contributed by atoms with Gasteiger partial charge in [-0.15, -0.1) is 11.3 Å². The summed E-state index contributed by atoms with van der Waals surface area (Å²) in [4.78, 5) is 11.8. The number of nitrogens with zero attached hydrogens (tertiary/aromatic N) is 2. The Bertz CT molecular complexity index is 563. The lowest BCUT2D eigenvalue weighted by Crippen LogP contribution is -2.15. The second kappa shape index (κ2) is 3.77. The standard InChI is InChI=1S/C14H18N2S/c1-14(2,3)12-11-9-6-4-5-7-10(9)17-13(11)16-8-15-12/h8H,4-7H2,1-3H3. The van der Waals surface area contributed by atoms with Gasteiger partial charge in [0.05, 0.1) is 5.69 Å². The molecule has 0 N–H and O–H groups in total. The number of hydrogen-bond donors (Lipinski definition) is 0. The van der Waals surface area contributed by atoms with Gasteiger partial charge in [-0.3, -0.25) is 0 Å². The second-order valence-electron chi connectivity index (χ2n) is 5.86. The largest absolute Gasteiger partial charge is 0.240 e. The molecule has 3 rings (SSSR count). The van der Waals surface area contributed by atoms with Gasteiger partial charge in [0.25, 0.3) is 0 Å². The summed E-state index contributed by atoms with van der Waals surface area (Å²) in [6.07, 6.45) is 6.83. The third-order valence-electron chi connectivity index (χ3n) is 3.46. The molecule has 0 unspecified atom stereocenters. The van der Waals surface area contributed by atoms with Crippen LogP contribution in [0.25, 0.3) is 10.2 Å². The maximum Gasteiger partial charge on any atom is 0.127 e. The quantitative estimate of drug-likeness (QED) is 0.705. The topological polar surface area (TPSA) is 25.8 Å². The fourth-order valence-corrected chi connectivity index (χ4v) is 3.89. The van der Waals surface area contributed by atoms with Crippen molar-refractivity contribution in [3.63, 3.8) is 0 Å². The smallest absolute Gasteiger partial charge is 0.127 e. The lowest BCUT2D eigenvalue weighted by molar-refractivity contribution is 0.573. The molecule has 0 bridgehead atoms. The first-order valence-corrected chi connectivity index (χ1v) is 7.15. The Morgan fingerprint density at radius 1 is 1.12 bits per heavy atom. The van der Waals surface area contributed by atoms with Gasteiger partial charge in [0, 0.05) is 15.7 Å². The van der Waals surface area contributed by atoms with Crippen LogP contribution in [0.3, 0.4) is 0 Å². The molecule has 1 aliphatic carbocycles. The molecule has 0 saturated heterocycles. The molecule has 0 atom stereocenters. The number of rotatable bonds is 0. The molecular formula is C14H18N2S. The van der Waals surface area contributed by atoms with Crippen molar-refractivity contribution in [2.45, 2.75) is 51.9 Å². The van der Waals surface area contributed by atoms with Gasteiger partial charge in [0.1, 0.15) is 11.2 Å². The average Bonchev–Trinajstić information content (AvgIpc) is 2.65. The molecule has 1 aliphatic rings. The molecule has 2 aromatic rings. The summed E-state index contributed by atoms with van der Waals surface area (Å²) in [6.45, 7) is 6.71. The van der Waals surface area contributed by atoms with E-state index in [0.717, 1.165) is 0 Å². The number of fused-ring (bicyclic) bond motifs is 3. The monoisotopic (exact) mass is 246 g/mol. The molecule has 0 fully saturated rings. The Balaban J connectivity index is 2.33. The van der Waals surface area contributed by atoms with Crippen molar-refractivity contribution in [1.82, 2.24) is 9.97 Å². The second-order valence-corrected chi connectivity index (χ2v) is 6.95. The lowest BCUT2D eigenvalue weighted by atomic mass is 9.87. The van der Waals surface area contributed by atoms with Crippen LogP contribution in [-0.4, -0.2) is 9.97 Å². The van der Waals surface area contributed by atoms with E-state index in [1.807, 2.05) is 11.3 Å². The first kappa shape index (κ1) is 11.1. The van der Waals surface area contributed by atoms with E-state index in [1.54, 1.807) is 16.8 Å². The van der Waals surface area contributed by atoms with Crippen molar-refractivity contribution < 1.29 is 0 Å². The molecule has 2 heterocycles. The Kier molecular flexibility index (Phi) is 2.47. The van der Waals surface area contributed by atoms with E-state index in [-0.39, 0.29) is 5.41 Å². The summed E-state index contributed by atoms with van der Waals surface area (Å²) in [6, 6.07) is 0. The van der Waals surface area contributed by atoms with Gasteiger partial charge < -0.3 is 0 Å². The average molecular weight is 246 g/mol. The van der Waals surface area contributed by atoms with Crippen LogP contribution in [0.15, 0.2) is 6.33 Å². The minimum Gasteiger partial charge on any atom is -0.240 e. The zero-order valence-electron chi connectivity index (χ0n) is 10.7. The lowest BCUT2D eigenvalue weighted by Gasteiger charge is -2.20. The zero-order chi connectivity index (χ0) is 12.0. The van der Waals surface area contributed by atoms with Crippen LogP contribution in [-0.2, 0) is 18.3 Å². The number of thiophene rings is 1. The summed E-state index contributed by atoms with van der Waals surface area (Å²) >= 11 is 1.88. The van der Waals surface area contributed by atoms with E-state index in [2.05, 4.69) is 30.7 Å². The minimum atomic E-state index is 0.105. The maximum atomic E-state index is 4.55. The van der Waals surface area contributed by atoms with Crippen molar-refractivity contribution in [1.29, 1.82) is 0 Å². The van der Waals surface area contributed by atoms with Crippen LogP contribution < -0.4 is 0 Å². The molecule has 0 aromatic carbocycles. The Morgan fingerprint density at radius 2 is 1.88 bits per heavy atom. The van der Waals surface area contributed by atoms with Gasteiger partial charge in [-0.25, -0.2) is 9.97 Å². The van der Waals surface area contributed by atoms with Gasteiger partial charge in [0.2, 0.25) is 0 Å². The normalized spacial score (nSPS) is 16.2. The van der Waals surface area contributed by atoms with Gasteiger partial charge in [-0.2, -0.15) is 0 Å². The summed E-state index contributed by atoms with van der Waals surface area (Å²) in [5, 5.41) is 1.36. The van der Waals surface area contributed by atoms with Gasteiger partial charge >= 0.3 is 0 Å². The van der Waals surface area contributed by atoms with Crippen LogP contribution >= 0.6 is 11.3 Å². The van der Waals surface area contributed by atoms with Crippen molar-refractivity contribution in [3.05, 3.63) is 22.5 Å². The fourth-order valence-electron chi connectivity index (χ4n) is 2.66. The van der Waals surface area contributed by atoms with Gasteiger partial charge in [-0.1, -0.05) is 20.8 Å². The number of aromatic nitrogens is 2. The van der Waals surface area contributed by atoms with E-state index in [1.165, 1.54) is 41.6 Å². The van der Waals surface area contributed by atoms with E-state index in [0.29, 0.717) is 0 Å². The van der Waals surface area contributed by atoms with Gasteiger partial charge in [0.15, 0.2) is 0 Å². The third-order valence-corrected chi connectivity index (χ3v) is 4.66. The minimum absolute atomic E-state index is 0.105. The Hall–Kier alpha value is -0.960. The van der Waals surface area contributed by atoms with Gasteiger partial charge in [-0.05, 0) is 31.2 Å². The number of hydrogen-bond acceptors (Lipinski definition) is 3. The SMILES string of the molecule is CC(C)(C)c1ncnc2sc3c(c12)CCCC3. The molecule has 0 amide bonds. The van der Waals surface area contributed by atoms with E-state index < -0.39 is 0 Å². The Morgan fingerprint density at radius 3 is 2.65 bits per heavy atom. The van der Waals surface area contributed by atoms with Crippen molar-refractivity contribution in [3.8, 4) is 0 Å². The fraction of sp³-hybridized carbons (Fsp3) is 0.571. The Labute approximate surface area is 106 Å². The molecule has 0 saturated carbocycles. The molecule has 0 radical (unpaired) electrons. The predicted molar refractivity (Wildman–Crippen MR) is 72.8 cm³/mol. The zero-order valence-corrected chi connectivity index (χ0v) is 11.5.